The molecule has 3 heterocycles. The molecule has 134 valence electrons. The second-order valence-corrected chi connectivity index (χ2v) is 6.74. The highest BCUT2D eigenvalue weighted by Gasteiger charge is 2.30. The number of hydrogen-bond donors (Lipinski definition) is 1. The molecule has 0 radical (unpaired) electrons. The molecular formula is C17H24N6O2. The molecule has 0 saturated carbocycles. The first kappa shape index (κ1) is 17.3. The summed E-state index contributed by atoms with van der Waals surface area (Å²) in [7, 11) is 0. The lowest BCUT2D eigenvalue weighted by molar-refractivity contribution is -0.126. The number of nitrogens with zero attached hydrogens (tertiary/aromatic N) is 5. The molecule has 8 heteroatoms. The fourth-order valence-corrected chi connectivity index (χ4v) is 3.05. The number of piperidine rings is 1. The summed E-state index contributed by atoms with van der Waals surface area (Å²) in [4.78, 5) is 27.5. The third-order valence-corrected chi connectivity index (χ3v) is 4.51. The molecule has 1 fully saturated rings. The molecule has 8 nitrogen and oxygen atoms in total. The summed E-state index contributed by atoms with van der Waals surface area (Å²) in [5.41, 5.74) is 0. The van der Waals surface area contributed by atoms with Gasteiger partial charge < -0.3 is 14.7 Å². The summed E-state index contributed by atoms with van der Waals surface area (Å²) >= 11 is 0. The van der Waals surface area contributed by atoms with Crippen molar-refractivity contribution in [3.63, 3.8) is 0 Å². The van der Waals surface area contributed by atoms with E-state index in [1.165, 1.54) is 0 Å². The van der Waals surface area contributed by atoms with E-state index in [9.17, 15) is 4.79 Å². The van der Waals surface area contributed by atoms with Crippen molar-refractivity contribution >= 4 is 11.7 Å². The summed E-state index contributed by atoms with van der Waals surface area (Å²) in [6.07, 6.45) is 6.68. The molecule has 0 aromatic carbocycles. The molecule has 0 unspecified atom stereocenters. The summed E-state index contributed by atoms with van der Waals surface area (Å²) < 4.78 is 5.25. The lowest BCUT2D eigenvalue weighted by atomic mass is 9.94. The van der Waals surface area contributed by atoms with Gasteiger partial charge >= 0.3 is 0 Å². The summed E-state index contributed by atoms with van der Waals surface area (Å²) in [6.45, 7) is 7.42. The van der Waals surface area contributed by atoms with Crippen molar-refractivity contribution in [1.29, 1.82) is 0 Å². The van der Waals surface area contributed by atoms with Crippen LogP contribution in [-0.2, 0) is 4.79 Å². The number of aromatic nitrogens is 4. The molecule has 1 amide bonds. The first-order valence-corrected chi connectivity index (χ1v) is 8.66. The van der Waals surface area contributed by atoms with Gasteiger partial charge in [-0.2, -0.15) is 4.98 Å². The van der Waals surface area contributed by atoms with Gasteiger partial charge in [0.1, 0.15) is 11.9 Å². The third-order valence-electron chi connectivity index (χ3n) is 4.51. The van der Waals surface area contributed by atoms with Crippen LogP contribution in [0.1, 0.15) is 44.4 Å². The summed E-state index contributed by atoms with van der Waals surface area (Å²) in [5.74, 6) is 2.11. The molecule has 1 aliphatic rings. The molecular weight excluding hydrogens is 320 g/mol. The number of anilines is 1. The van der Waals surface area contributed by atoms with Crippen LogP contribution < -0.4 is 10.2 Å². The van der Waals surface area contributed by atoms with Crippen LogP contribution in [-0.4, -0.2) is 39.1 Å². The Kier molecular flexibility index (Phi) is 5.25. The molecule has 1 aliphatic heterocycles. The molecule has 1 N–H and O–H groups in total. The third kappa shape index (κ3) is 4.12. The highest BCUT2D eigenvalue weighted by Crippen LogP contribution is 2.24. The standard InChI is InChI=1S/C17H24N6O2/c1-11(2)15(17-20-12(3)22-25-17)21-16(24)13-4-8-23(9-5-13)14-10-18-6-7-19-14/h6-7,10-11,13,15H,4-5,8-9H2,1-3H3,(H,21,24)/t15-/m0/s1. The fraction of sp³-hybridized carbons (Fsp3) is 0.588. The molecule has 0 aliphatic carbocycles. The Morgan fingerprint density at radius 3 is 2.64 bits per heavy atom. The van der Waals surface area contributed by atoms with Crippen molar-refractivity contribution < 1.29 is 9.32 Å². The summed E-state index contributed by atoms with van der Waals surface area (Å²) in [5, 5.41) is 6.92. The smallest absolute Gasteiger partial charge is 0.249 e. The van der Waals surface area contributed by atoms with E-state index in [4.69, 9.17) is 4.52 Å². The number of carbonyl (C=O) groups is 1. The van der Waals surface area contributed by atoms with Crippen molar-refractivity contribution in [3.8, 4) is 0 Å². The van der Waals surface area contributed by atoms with Gasteiger partial charge in [-0.3, -0.25) is 9.78 Å². The fourth-order valence-electron chi connectivity index (χ4n) is 3.05. The quantitative estimate of drug-likeness (QED) is 0.884. The highest BCUT2D eigenvalue weighted by atomic mass is 16.5. The molecule has 0 spiro atoms. The van der Waals surface area contributed by atoms with E-state index in [0.717, 1.165) is 31.7 Å². The summed E-state index contributed by atoms with van der Waals surface area (Å²) in [6, 6.07) is -0.258. The molecule has 1 saturated heterocycles. The van der Waals surface area contributed by atoms with Crippen LogP contribution in [0.2, 0.25) is 0 Å². The monoisotopic (exact) mass is 344 g/mol. The number of hydrogen-bond acceptors (Lipinski definition) is 7. The Labute approximate surface area is 147 Å². The molecule has 0 bridgehead atoms. The van der Waals surface area contributed by atoms with E-state index in [-0.39, 0.29) is 23.8 Å². The predicted octanol–water partition coefficient (Wildman–Crippen LogP) is 1.90. The first-order valence-electron chi connectivity index (χ1n) is 8.66. The minimum absolute atomic E-state index is 0.0156. The van der Waals surface area contributed by atoms with E-state index in [2.05, 4.69) is 30.3 Å². The maximum Gasteiger partial charge on any atom is 0.249 e. The number of aryl methyl sites for hydroxylation is 1. The topological polar surface area (TPSA) is 97.0 Å². The molecule has 2 aromatic rings. The van der Waals surface area contributed by atoms with Crippen molar-refractivity contribution in [1.82, 2.24) is 25.4 Å². The van der Waals surface area contributed by atoms with Gasteiger partial charge in [-0.15, -0.1) is 0 Å². The van der Waals surface area contributed by atoms with Gasteiger partial charge in [0.25, 0.3) is 0 Å². The van der Waals surface area contributed by atoms with Crippen LogP contribution in [0.4, 0.5) is 5.82 Å². The van der Waals surface area contributed by atoms with Gasteiger partial charge in [-0.1, -0.05) is 19.0 Å². The van der Waals surface area contributed by atoms with E-state index in [0.29, 0.717) is 11.7 Å². The largest absolute Gasteiger partial charge is 0.355 e. The van der Waals surface area contributed by atoms with Crippen LogP contribution in [0.25, 0.3) is 0 Å². The minimum Gasteiger partial charge on any atom is -0.355 e. The Balaban J connectivity index is 1.58. The van der Waals surface area contributed by atoms with Gasteiger partial charge in [-0.05, 0) is 25.7 Å². The van der Waals surface area contributed by atoms with Gasteiger partial charge in [0.15, 0.2) is 5.82 Å². The zero-order valence-corrected chi connectivity index (χ0v) is 14.8. The average molecular weight is 344 g/mol. The molecule has 1 atom stereocenters. The molecule has 3 rings (SSSR count). The van der Waals surface area contributed by atoms with Gasteiger partial charge in [0, 0.05) is 31.4 Å². The maximum absolute atomic E-state index is 12.7. The first-order chi connectivity index (χ1) is 12.0. The van der Waals surface area contributed by atoms with Crippen LogP contribution in [0.3, 0.4) is 0 Å². The number of amides is 1. The average Bonchev–Trinajstić information content (AvgIpc) is 3.06. The number of nitrogens with one attached hydrogen (secondary N) is 1. The van der Waals surface area contributed by atoms with E-state index < -0.39 is 0 Å². The zero-order valence-electron chi connectivity index (χ0n) is 14.8. The van der Waals surface area contributed by atoms with Crippen molar-refractivity contribution in [2.45, 2.75) is 39.7 Å². The van der Waals surface area contributed by atoms with Crippen molar-refractivity contribution in [2.75, 3.05) is 18.0 Å². The van der Waals surface area contributed by atoms with Crippen LogP contribution in [0.15, 0.2) is 23.1 Å². The molecule has 25 heavy (non-hydrogen) atoms. The Bertz CT molecular complexity index is 694. The van der Waals surface area contributed by atoms with Crippen LogP contribution in [0, 0.1) is 18.8 Å². The Morgan fingerprint density at radius 2 is 2.08 bits per heavy atom. The SMILES string of the molecule is Cc1noc([C@@H](NC(=O)C2CCN(c3cnccn3)CC2)C(C)C)n1. The Morgan fingerprint density at radius 1 is 1.32 bits per heavy atom. The van der Waals surface area contributed by atoms with Gasteiger partial charge in [0.05, 0.1) is 6.20 Å². The molecule has 2 aromatic heterocycles. The van der Waals surface area contributed by atoms with Crippen LogP contribution >= 0.6 is 0 Å². The van der Waals surface area contributed by atoms with Gasteiger partial charge in [0.2, 0.25) is 11.8 Å². The number of carbonyl (C=O) groups excluding carboxylic acids is 1. The second kappa shape index (κ2) is 7.58. The second-order valence-electron chi connectivity index (χ2n) is 6.74. The van der Waals surface area contributed by atoms with Gasteiger partial charge in [-0.25, -0.2) is 4.98 Å². The number of rotatable bonds is 5. The normalized spacial score (nSPS) is 16.9. The zero-order chi connectivity index (χ0) is 17.8. The highest BCUT2D eigenvalue weighted by molar-refractivity contribution is 5.79. The predicted molar refractivity (Wildman–Crippen MR) is 91.7 cm³/mol. The maximum atomic E-state index is 12.7. The lowest BCUT2D eigenvalue weighted by Gasteiger charge is -2.32. The van der Waals surface area contributed by atoms with Crippen LogP contribution in [0.5, 0.6) is 0 Å². The van der Waals surface area contributed by atoms with E-state index in [1.807, 2.05) is 13.8 Å². The lowest BCUT2D eigenvalue weighted by Crippen LogP contribution is -2.42. The Hall–Kier alpha value is -2.51. The van der Waals surface area contributed by atoms with E-state index in [1.54, 1.807) is 25.5 Å². The van der Waals surface area contributed by atoms with Crippen molar-refractivity contribution in [3.05, 3.63) is 30.3 Å². The minimum atomic E-state index is -0.258. The van der Waals surface area contributed by atoms with Crippen molar-refractivity contribution in [2.24, 2.45) is 11.8 Å². The van der Waals surface area contributed by atoms with E-state index >= 15 is 0 Å².